The van der Waals surface area contributed by atoms with E-state index in [4.69, 9.17) is 39.5 Å². The van der Waals surface area contributed by atoms with Crippen LogP contribution in [0.2, 0.25) is 15.1 Å². The van der Waals surface area contributed by atoms with Gasteiger partial charge in [-0.05, 0) is 25.1 Å². The number of nitro benzene ring substituents is 1. The zero-order valence-corrected chi connectivity index (χ0v) is 15.5. The molecule has 0 atom stereocenters. The van der Waals surface area contributed by atoms with Gasteiger partial charge in [0, 0.05) is 10.6 Å². The third-order valence-electron chi connectivity index (χ3n) is 3.25. The van der Waals surface area contributed by atoms with Crippen LogP contribution >= 0.6 is 34.8 Å². The molecule has 0 saturated carbocycles. The molecule has 0 spiro atoms. The quantitative estimate of drug-likeness (QED) is 0.433. The summed E-state index contributed by atoms with van der Waals surface area (Å²) >= 11 is 17.7. The van der Waals surface area contributed by atoms with E-state index >= 15 is 0 Å². The Hall–Kier alpha value is -2.35. The van der Waals surface area contributed by atoms with Gasteiger partial charge in [0.25, 0.3) is 11.6 Å². The maximum absolute atomic E-state index is 12.1. The smallest absolute Gasteiger partial charge is 0.345 e. The third-order valence-corrected chi connectivity index (χ3v) is 4.06. The van der Waals surface area contributed by atoms with E-state index in [2.05, 4.69) is 5.32 Å². The van der Waals surface area contributed by atoms with E-state index in [1.54, 1.807) is 0 Å². The topological polar surface area (TPSA) is 98.5 Å². The number of ether oxygens (including phenoxy) is 1. The van der Waals surface area contributed by atoms with Crippen LogP contribution in [0, 0.1) is 17.0 Å². The lowest BCUT2D eigenvalue weighted by atomic mass is 10.1. The normalized spacial score (nSPS) is 10.3. The van der Waals surface area contributed by atoms with E-state index in [9.17, 15) is 19.7 Å². The molecule has 0 aliphatic rings. The predicted molar refractivity (Wildman–Crippen MR) is 98.2 cm³/mol. The number of halogens is 3. The molecule has 0 aliphatic carbocycles. The number of amides is 1. The number of esters is 1. The number of benzene rings is 2. The highest BCUT2D eigenvalue weighted by Crippen LogP contribution is 2.33. The number of nitrogens with one attached hydrogen (secondary N) is 1. The Labute approximate surface area is 162 Å². The average Bonchev–Trinajstić information content (AvgIpc) is 2.55. The highest BCUT2D eigenvalue weighted by Gasteiger charge is 2.24. The second-order valence-electron chi connectivity index (χ2n) is 5.10. The van der Waals surface area contributed by atoms with E-state index in [1.807, 2.05) is 0 Å². The van der Waals surface area contributed by atoms with Crippen LogP contribution in [0.5, 0.6) is 0 Å². The van der Waals surface area contributed by atoms with Crippen molar-refractivity contribution >= 4 is 58.1 Å². The van der Waals surface area contributed by atoms with Gasteiger partial charge in [-0.15, -0.1) is 0 Å². The van der Waals surface area contributed by atoms with Crippen molar-refractivity contribution in [2.24, 2.45) is 0 Å². The SMILES string of the molecule is Cc1cccc(C(=O)OCC(=O)Nc2c(Cl)cc(Cl)cc2Cl)c1[N+](=O)[O-]. The van der Waals surface area contributed by atoms with Crippen LogP contribution in [0.4, 0.5) is 11.4 Å². The number of rotatable bonds is 5. The number of hydrogen-bond acceptors (Lipinski definition) is 5. The van der Waals surface area contributed by atoms with Gasteiger partial charge in [0.1, 0.15) is 5.56 Å². The number of carbonyl (C=O) groups is 2. The molecule has 7 nitrogen and oxygen atoms in total. The van der Waals surface area contributed by atoms with Gasteiger partial charge in [-0.1, -0.05) is 46.9 Å². The number of aryl methyl sites for hydroxylation is 1. The standard InChI is InChI=1S/C16H11Cl3N2O5/c1-8-3-2-4-10(15(8)21(24)25)16(23)26-7-13(22)20-14-11(18)5-9(17)6-12(14)19/h2-6H,7H2,1H3,(H,20,22). The largest absolute Gasteiger partial charge is 0.452 e. The van der Waals surface area contributed by atoms with E-state index in [0.29, 0.717) is 5.56 Å². The van der Waals surface area contributed by atoms with E-state index in [0.717, 1.165) is 0 Å². The van der Waals surface area contributed by atoms with Gasteiger partial charge in [-0.2, -0.15) is 0 Å². The van der Waals surface area contributed by atoms with Crippen molar-refractivity contribution in [3.8, 4) is 0 Å². The molecule has 0 unspecified atom stereocenters. The summed E-state index contributed by atoms with van der Waals surface area (Å²) < 4.78 is 4.84. The number of hydrogen-bond donors (Lipinski definition) is 1. The lowest BCUT2D eigenvalue weighted by Crippen LogP contribution is -2.21. The van der Waals surface area contributed by atoms with Crippen molar-refractivity contribution in [1.82, 2.24) is 0 Å². The zero-order valence-electron chi connectivity index (χ0n) is 13.2. The lowest BCUT2D eigenvalue weighted by Gasteiger charge is -2.10. The summed E-state index contributed by atoms with van der Waals surface area (Å²) in [6.07, 6.45) is 0. The molecule has 136 valence electrons. The molecule has 2 aromatic carbocycles. The minimum Gasteiger partial charge on any atom is -0.452 e. The molecule has 2 aromatic rings. The number of anilines is 1. The van der Waals surface area contributed by atoms with E-state index in [-0.39, 0.29) is 32.0 Å². The molecule has 0 aliphatic heterocycles. The Balaban J connectivity index is 2.08. The summed E-state index contributed by atoms with van der Waals surface area (Å²) in [7, 11) is 0. The highest BCUT2D eigenvalue weighted by molar-refractivity contribution is 6.42. The van der Waals surface area contributed by atoms with Gasteiger partial charge >= 0.3 is 5.97 Å². The first-order chi connectivity index (χ1) is 12.2. The molecule has 0 radical (unpaired) electrons. The minimum atomic E-state index is -0.996. The molecule has 1 N–H and O–H groups in total. The second kappa shape index (κ2) is 8.35. The van der Waals surface area contributed by atoms with Crippen LogP contribution in [0.25, 0.3) is 0 Å². The molecule has 2 rings (SSSR count). The molecule has 0 saturated heterocycles. The summed E-state index contributed by atoms with van der Waals surface area (Å²) in [5, 5.41) is 14.0. The van der Waals surface area contributed by atoms with Gasteiger partial charge in [0.05, 0.1) is 20.7 Å². The van der Waals surface area contributed by atoms with Crippen molar-refractivity contribution in [2.45, 2.75) is 6.92 Å². The molecule has 1 amide bonds. The van der Waals surface area contributed by atoms with Crippen molar-refractivity contribution in [1.29, 1.82) is 0 Å². The first-order valence-electron chi connectivity index (χ1n) is 7.06. The highest BCUT2D eigenvalue weighted by atomic mass is 35.5. The Kier molecular flexibility index (Phi) is 6.42. The lowest BCUT2D eigenvalue weighted by molar-refractivity contribution is -0.385. The summed E-state index contributed by atoms with van der Waals surface area (Å²) in [6, 6.07) is 6.98. The molecular formula is C16H11Cl3N2O5. The fraction of sp³-hybridized carbons (Fsp3) is 0.125. The second-order valence-corrected chi connectivity index (χ2v) is 6.35. The summed E-state index contributed by atoms with van der Waals surface area (Å²) in [5.41, 5.74) is -0.207. The van der Waals surface area contributed by atoms with Gasteiger partial charge < -0.3 is 10.1 Å². The maximum Gasteiger partial charge on any atom is 0.345 e. The van der Waals surface area contributed by atoms with Crippen LogP contribution in [0.1, 0.15) is 15.9 Å². The van der Waals surface area contributed by atoms with E-state index in [1.165, 1.54) is 37.3 Å². The van der Waals surface area contributed by atoms with Crippen molar-refractivity contribution in [2.75, 3.05) is 11.9 Å². The minimum absolute atomic E-state index is 0.108. The molecule has 0 heterocycles. The van der Waals surface area contributed by atoms with Crippen LogP contribution in [0.3, 0.4) is 0 Å². The summed E-state index contributed by atoms with van der Waals surface area (Å²) in [4.78, 5) is 34.5. The fourth-order valence-electron chi connectivity index (χ4n) is 2.11. The Morgan fingerprint density at radius 2 is 1.81 bits per heavy atom. The van der Waals surface area contributed by atoms with Crippen LogP contribution < -0.4 is 5.32 Å². The number of para-hydroxylation sites is 1. The molecular weight excluding hydrogens is 407 g/mol. The van der Waals surface area contributed by atoms with Crippen LogP contribution in [-0.2, 0) is 9.53 Å². The number of carbonyl (C=O) groups excluding carboxylic acids is 2. The molecule has 0 aromatic heterocycles. The van der Waals surface area contributed by atoms with Gasteiger partial charge in [-0.3, -0.25) is 14.9 Å². The third kappa shape index (κ3) is 4.63. The summed E-state index contributed by atoms with van der Waals surface area (Å²) in [5.74, 6) is -1.72. The molecule has 26 heavy (non-hydrogen) atoms. The molecule has 10 heteroatoms. The van der Waals surface area contributed by atoms with Crippen LogP contribution in [-0.4, -0.2) is 23.4 Å². The van der Waals surface area contributed by atoms with Crippen molar-refractivity contribution in [3.63, 3.8) is 0 Å². The Morgan fingerprint density at radius 1 is 1.19 bits per heavy atom. The Bertz CT molecular complexity index is 878. The van der Waals surface area contributed by atoms with Gasteiger partial charge in [0.2, 0.25) is 0 Å². The van der Waals surface area contributed by atoms with E-state index < -0.39 is 23.4 Å². The Morgan fingerprint density at radius 3 is 2.38 bits per heavy atom. The first-order valence-corrected chi connectivity index (χ1v) is 8.19. The zero-order chi connectivity index (χ0) is 19.4. The van der Waals surface area contributed by atoms with Gasteiger partial charge in [-0.25, -0.2) is 4.79 Å². The first kappa shape index (κ1) is 20.0. The average molecular weight is 418 g/mol. The number of nitro groups is 1. The van der Waals surface area contributed by atoms with Crippen molar-refractivity contribution < 1.29 is 19.2 Å². The predicted octanol–water partition coefficient (Wildman–Crippen LogP) is 4.66. The number of nitrogens with zero attached hydrogens (tertiary/aromatic N) is 1. The van der Waals surface area contributed by atoms with Gasteiger partial charge in [0.15, 0.2) is 6.61 Å². The van der Waals surface area contributed by atoms with Crippen LogP contribution in [0.15, 0.2) is 30.3 Å². The summed E-state index contributed by atoms with van der Waals surface area (Å²) in [6.45, 7) is 0.811. The monoisotopic (exact) mass is 416 g/mol. The maximum atomic E-state index is 12.1. The molecule has 0 fully saturated rings. The molecule has 0 bridgehead atoms. The fourth-order valence-corrected chi connectivity index (χ4v) is 3.02. The van der Waals surface area contributed by atoms with Crippen molar-refractivity contribution in [3.05, 3.63) is 66.6 Å².